The third-order valence-corrected chi connectivity index (χ3v) is 4.60. The van der Waals surface area contributed by atoms with E-state index in [2.05, 4.69) is 5.32 Å². The molecule has 1 aliphatic carbocycles. The number of benzene rings is 1. The van der Waals surface area contributed by atoms with Gasteiger partial charge in [-0.3, -0.25) is 9.69 Å². The Kier molecular flexibility index (Phi) is 4.27. The summed E-state index contributed by atoms with van der Waals surface area (Å²) < 4.78 is 0. The summed E-state index contributed by atoms with van der Waals surface area (Å²) in [7, 11) is 0. The Morgan fingerprint density at radius 2 is 1.73 bits per heavy atom. The van der Waals surface area contributed by atoms with Gasteiger partial charge in [-0.25, -0.2) is 4.79 Å². The van der Waals surface area contributed by atoms with Crippen molar-refractivity contribution in [2.75, 3.05) is 6.54 Å². The van der Waals surface area contributed by atoms with Crippen molar-refractivity contribution in [1.29, 1.82) is 0 Å². The van der Waals surface area contributed by atoms with Crippen LogP contribution in [0.3, 0.4) is 0 Å². The Bertz CT molecular complexity index is 572. The highest BCUT2D eigenvalue weighted by Crippen LogP contribution is 2.32. The van der Waals surface area contributed by atoms with Crippen molar-refractivity contribution in [2.45, 2.75) is 44.1 Å². The molecular weight excluding hydrogens is 276 g/mol. The second-order valence-corrected chi connectivity index (χ2v) is 6.16. The summed E-state index contributed by atoms with van der Waals surface area (Å²) >= 11 is 0. The van der Waals surface area contributed by atoms with E-state index in [0.717, 1.165) is 44.1 Å². The molecule has 1 aromatic carbocycles. The first kappa shape index (κ1) is 14.8. The zero-order valence-corrected chi connectivity index (χ0v) is 12.8. The number of amides is 3. The lowest BCUT2D eigenvalue weighted by atomic mass is 9.90. The van der Waals surface area contributed by atoms with Crippen LogP contribution in [0.1, 0.15) is 44.1 Å². The van der Waals surface area contributed by atoms with Gasteiger partial charge < -0.3 is 5.32 Å². The van der Waals surface area contributed by atoms with Gasteiger partial charge in [0.25, 0.3) is 5.91 Å². The van der Waals surface area contributed by atoms with Gasteiger partial charge in [0.05, 0.1) is 0 Å². The normalized spacial score (nSPS) is 21.4. The maximum atomic E-state index is 12.7. The quantitative estimate of drug-likeness (QED) is 0.870. The molecular formula is C18H22N2O2. The molecule has 1 saturated carbocycles. The van der Waals surface area contributed by atoms with E-state index in [9.17, 15) is 9.59 Å². The molecule has 1 saturated heterocycles. The van der Waals surface area contributed by atoms with Crippen molar-refractivity contribution in [1.82, 2.24) is 10.2 Å². The minimum atomic E-state index is -0.631. The van der Waals surface area contributed by atoms with Crippen molar-refractivity contribution in [3.05, 3.63) is 42.0 Å². The number of nitrogens with zero attached hydrogens (tertiary/aromatic N) is 1. The fourth-order valence-electron chi connectivity index (χ4n) is 3.37. The van der Waals surface area contributed by atoms with Crippen LogP contribution in [0.5, 0.6) is 0 Å². The molecule has 0 atom stereocenters. The first-order valence-corrected chi connectivity index (χ1v) is 8.07. The molecule has 1 aromatic rings. The van der Waals surface area contributed by atoms with Crippen LogP contribution in [-0.4, -0.2) is 28.9 Å². The third-order valence-electron chi connectivity index (χ3n) is 4.60. The van der Waals surface area contributed by atoms with Crippen LogP contribution >= 0.6 is 0 Å². The number of hydrogen-bond donors (Lipinski definition) is 1. The number of carbonyl (C=O) groups is 2. The Morgan fingerprint density at radius 3 is 2.41 bits per heavy atom. The summed E-state index contributed by atoms with van der Waals surface area (Å²) in [5.74, 6) is -0.0443. The van der Waals surface area contributed by atoms with Gasteiger partial charge in [-0.15, -0.1) is 0 Å². The van der Waals surface area contributed by atoms with Crippen molar-refractivity contribution < 1.29 is 9.59 Å². The monoisotopic (exact) mass is 298 g/mol. The maximum absolute atomic E-state index is 12.7. The van der Waals surface area contributed by atoms with Crippen molar-refractivity contribution in [2.24, 2.45) is 0 Å². The van der Waals surface area contributed by atoms with Crippen molar-refractivity contribution in [3.8, 4) is 0 Å². The molecule has 1 heterocycles. The topological polar surface area (TPSA) is 49.4 Å². The molecule has 0 radical (unpaired) electrons. The van der Waals surface area contributed by atoms with Crippen LogP contribution in [0, 0.1) is 0 Å². The number of rotatable bonds is 3. The van der Waals surface area contributed by atoms with Gasteiger partial charge in [0.15, 0.2) is 0 Å². The van der Waals surface area contributed by atoms with E-state index in [-0.39, 0.29) is 11.9 Å². The minimum Gasteiger partial charge on any atom is -0.323 e. The van der Waals surface area contributed by atoms with Crippen LogP contribution in [0.25, 0.3) is 6.08 Å². The average Bonchev–Trinajstić information content (AvgIpc) is 2.71. The van der Waals surface area contributed by atoms with Gasteiger partial charge in [0.1, 0.15) is 5.54 Å². The number of hydrogen-bond acceptors (Lipinski definition) is 2. The van der Waals surface area contributed by atoms with Gasteiger partial charge in [0, 0.05) is 6.54 Å². The molecule has 116 valence electrons. The molecule has 0 bridgehead atoms. The molecule has 0 aromatic heterocycles. The standard InChI is InChI=1S/C18H22N2O2/c21-16-18(12-6-1-2-7-13-18)19-17(22)20(16)14-8-11-15-9-4-3-5-10-15/h3-5,8-11H,1-2,6-7,12-14H2,(H,19,22)/b11-8+. The maximum Gasteiger partial charge on any atom is 0.325 e. The lowest BCUT2D eigenvalue weighted by Gasteiger charge is -2.24. The smallest absolute Gasteiger partial charge is 0.323 e. The van der Waals surface area contributed by atoms with Gasteiger partial charge in [-0.05, 0) is 18.4 Å². The summed E-state index contributed by atoms with van der Waals surface area (Å²) in [6, 6.07) is 9.64. The lowest BCUT2D eigenvalue weighted by Crippen LogP contribution is -2.46. The second-order valence-electron chi connectivity index (χ2n) is 6.16. The second kappa shape index (κ2) is 6.34. The first-order valence-electron chi connectivity index (χ1n) is 8.07. The molecule has 1 aliphatic heterocycles. The van der Waals surface area contributed by atoms with E-state index in [1.165, 1.54) is 4.90 Å². The van der Waals surface area contributed by atoms with Crippen LogP contribution in [0.4, 0.5) is 4.79 Å². The Balaban J connectivity index is 1.68. The number of carbonyl (C=O) groups excluding carboxylic acids is 2. The van der Waals surface area contributed by atoms with E-state index in [4.69, 9.17) is 0 Å². The predicted molar refractivity (Wildman–Crippen MR) is 86.2 cm³/mol. The molecule has 2 aliphatic rings. The fraction of sp³-hybridized carbons (Fsp3) is 0.444. The number of imide groups is 1. The summed E-state index contributed by atoms with van der Waals surface area (Å²) in [6.45, 7) is 0.335. The van der Waals surface area contributed by atoms with E-state index in [1.807, 2.05) is 42.5 Å². The van der Waals surface area contributed by atoms with Crippen molar-refractivity contribution in [3.63, 3.8) is 0 Å². The summed E-state index contributed by atoms with van der Waals surface area (Å²) in [5.41, 5.74) is 0.437. The largest absolute Gasteiger partial charge is 0.325 e. The lowest BCUT2D eigenvalue weighted by molar-refractivity contribution is -0.131. The summed E-state index contributed by atoms with van der Waals surface area (Å²) in [4.78, 5) is 26.2. The van der Waals surface area contributed by atoms with Gasteiger partial charge in [-0.2, -0.15) is 0 Å². The highest BCUT2D eigenvalue weighted by Gasteiger charge is 2.50. The van der Waals surface area contributed by atoms with Crippen LogP contribution in [0.2, 0.25) is 0 Å². The molecule has 3 amide bonds. The van der Waals surface area contributed by atoms with Gasteiger partial charge >= 0.3 is 6.03 Å². The highest BCUT2D eigenvalue weighted by atomic mass is 16.2. The Hall–Kier alpha value is -2.10. The fourth-order valence-corrected chi connectivity index (χ4v) is 3.37. The van der Waals surface area contributed by atoms with Gasteiger partial charge in [-0.1, -0.05) is 68.2 Å². The molecule has 4 heteroatoms. The average molecular weight is 298 g/mol. The summed E-state index contributed by atoms with van der Waals surface area (Å²) in [5, 5.41) is 2.96. The highest BCUT2D eigenvalue weighted by molar-refractivity contribution is 6.07. The molecule has 1 N–H and O–H groups in total. The SMILES string of the molecule is O=C1NC2(CCCCCC2)C(=O)N1C/C=C/c1ccccc1. The molecule has 4 nitrogen and oxygen atoms in total. The molecule has 2 fully saturated rings. The molecule has 22 heavy (non-hydrogen) atoms. The van der Waals surface area contributed by atoms with E-state index in [1.54, 1.807) is 0 Å². The van der Waals surface area contributed by atoms with Crippen LogP contribution < -0.4 is 5.32 Å². The van der Waals surface area contributed by atoms with E-state index >= 15 is 0 Å². The third kappa shape index (κ3) is 2.91. The van der Waals surface area contributed by atoms with E-state index < -0.39 is 5.54 Å². The zero-order valence-electron chi connectivity index (χ0n) is 12.8. The molecule has 3 rings (SSSR count). The Morgan fingerprint density at radius 1 is 1.05 bits per heavy atom. The van der Waals surface area contributed by atoms with Crippen molar-refractivity contribution >= 4 is 18.0 Å². The van der Waals surface area contributed by atoms with Gasteiger partial charge in [0.2, 0.25) is 0 Å². The molecule has 0 unspecified atom stereocenters. The summed E-state index contributed by atoms with van der Waals surface area (Å²) in [6.07, 6.45) is 9.70. The van der Waals surface area contributed by atoms with Crippen LogP contribution in [0.15, 0.2) is 36.4 Å². The van der Waals surface area contributed by atoms with E-state index in [0.29, 0.717) is 6.54 Å². The number of urea groups is 1. The Labute approximate surface area is 131 Å². The zero-order chi connectivity index (χ0) is 15.4. The minimum absolute atomic E-state index is 0.0443. The number of nitrogens with one attached hydrogen (secondary N) is 1. The predicted octanol–water partition coefficient (Wildman–Crippen LogP) is 3.34. The van der Waals surface area contributed by atoms with Crippen LogP contribution in [-0.2, 0) is 4.79 Å². The molecule has 1 spiro atoms. The first-order chi connectivity index (χ1) is 10.7.